The van der Waals surface area contributed by atoms with E-state index in [1.54, 1.807) is 7.11 Å². The standard InChI is InChI=1S/C12H23NO3/c1-12(2,3)16-11(14)13-9-5-7-10(15-4)8-6-9/h9-10H,5-8H2,1-4H3,(H,13,14)/t9-,10+. The lowest BCUT2D eigenvalue weighted by Gasteiger charge is -2.29. The van der Waals surface area contributed by atoms with E-state index in [4.69, 9.17) is 9.47 Å². The average molecular weight is 229 g/mol. The van der Waals surface area contributed by atoms with Crippen molar-refractivity contribution in [2.75, 3.05) is 7.11 Å². The molecule has 1 saturated carbocycles. The van der Waals surface area contributed by atoms with Gasteiger partial charge < -0.3 is 14.8 Å². The predicted molar refractivity (Wildman–Crippen MR) is 62.4 cm³/mol. The van der Waals surface area contributed by atoms with Crippen LogP contribution in [0.25, 0.3) is 0 Å². The number of ether oxygens (including phenoxy) is 2. The Morgan fingerprint density at radius 1 is 1.19 bits per heavy atom. The molecule has 0 unspecified atom stereocenters. The van der Waals surface area contributed by atoms with E-state index in [-0.39, 0.29) is 12.1 Å². The number of hydrogen-bond acceptors (Lipinski definition) is 3. The topological polar surface area (TPSA) is 47.6 Å². The molecular formula is C12H23NO3. The minimum atomic E-state index is -0.423. The highest BCUT2D eigenvalue weighted by Gasteiger charge is 2.24. The summed E-state index contributed by atoms with van der Waals surface area (Å²) in [5.74, 6) is 0. The Labute approximate surface area is 97.7 Å². The van der Waals surface area contributed by atoms with Gasteiger partial charge in [-0.15, -0.1) is 0 Å². The van der Waals surface area contributed by atoms with E-state index < -0.39 is 5.60 Å². The quantitative estimate of drug-likeness (QED) is 0.791. The fourth-order valence-electron chi connectivity index (χ4n) is 1.92. The van der Waals surface area contributed by atoms with E-state index >= 15 is 0 Å². The first-order valence-corrected chi connectivity index (χ1v) is 5.93. The third-order valence-electron chi connectivity index (χ3n) is 2.73. The minimum absolute atomic E-state index is 0.237. The minimum Gasteiger partial charge on any atom is -0.444 e. The van der Waals surface area contributed by atoms with Crippen LogP contribution in [0.15, 0.2) is 0 Å². The largest absolute Gasteiger partial charge is 0.444 e. The van der Waals surface area contributed by atoms with E-state index in [0.29, 0.717) is 6.10 Å². The molecule has 0 bridgehead atoms. The zero-order valence-electron chi connectivity index (χ0n) is 10.7. The van der Waals surface area contributed by atoms with Crippen LogP contribution in [0.2, 0.25) is 0 Å². The van der Waals surface area contributed by atoms with Crippen LogP contribution in [-0.4, -0.2) is 30.9 Å². The summed E-state index contributed by atoms with van der Waals surface area (Å²) < 4.78 is 10.5. The van der Waals surface area contributed by atoms with E-state index in [1.807, 2.05) is 20.8 Å². The lowest BCUT2D eigenvalue weighted by atomic mass is 9.93. The maximum Gasteiger partial charge on any atom is 0.407 e. The van der Waals surface area contributed by atoms with Gasteiger partial charge in [0.2, 0.25) is 0 Å². The second kappa shape index (κ2) is 5.53. The molecule has 0 atom stereocenters. The number of alkyl carbamates (subject to hydrolysis) is 1. The summed E-state index contributed by atoms with van der Waals surface area (Å²) in [6.45, 7) is 5.61. The molecule has 0 aromatic heterocycles. The molecule has 1 fully saturated rings. The van der Waals surface area contributed by atoms with Crippen molar-refractivity contribution in [3.63, 3.8) is 0 Å². The first kappa shape index (κ1) is 13.3. The molecule has 0 radical (unpaired) electrons. The van der Waals surface area contributed by atoms with Crippen LogP contribution in [0.5, 0.6) is 0 Å². The van der Waals surface area contributed by atoms with Gasteiger partial charge in [-0.05, 0) is 46.5 Å². The third kappa shape index (κ3) is 4.84. The molecule has 0 aromatic rings. The zero-order valence-corrected chi connectivity index (χ0v) is 10.7. The molecule has 0 spiro atoms. The lowest BCUT2D eigenvalue weighted by Crippen LogP contribution is -2.41. The second-order valence-electron chi connectivity index (χ2n) is 5.36. The molecule has 0 heterocycles. The Kier molecular flexibility index (Phi) is 4.59. The van der Waals surface area contributed by atoms with Gasteiger partial charge in [-0.1, -0.05) is 0 Å². The van der Waals surface area contributed by atoms with Crippen LogP contribution in [0.4, 0.5) is 4.79 Å². The van der Waals surface area contributed by atoms with E-state index in [0.717, 1.165) is 25.7 Å². The van der Waals surface area contributed by atoms with Crippen molar-refractivity contribution in [2.45, 2.75) is 64.2 Å². The molecule has 1 aliphatic carbocycles. The van der Waals surface area contributed by atoms with Crippen molar-refractivity contribution >= 4 is 6.09 Å². The molecule has 1 aliphatic rings. The molecule has 1 rings (SSSR count). The monoisotopic (exact) mass is 229 g/mol. The first-order chi connectivity index (χ1) is 7.40. The van der Waals surface area contributed by atoms with E-state index in [9.17, 15) is 4.79 Å². The van der Waals surface area contributed by atoms with Gasteiger partial charge in [0.1, 0.15) is 5.60 Å². The van der Waals surface area contributed by atoms with Gasteiger partial charge in [0, 0.05) is 13.2 Å². The van der Waals surface area contributed by atoms with Crippen molar-refractivity contribution < 1.29 is 14.3 Å². The van der Waals surface area contributed by atoms with Crippen LogP contribution >= 0.6 is 0 Å². The van der Waals surface area contributed by atoms with Gasteiger partial charge in [0.15, 0.2) is 0 Å². The van der Waals surface area contributed by atoms with Gasteiger partial charge >= 0.3 is 6.09 Å². The second-order valence-corrected chi connectivity index (χ2v) is 5.36. The Bertz CT molecular complexity index is 227. The van der Waals surface area contributed by atoms with Gasteiger partial charge in [-0.2, -0.15) is 0 Å². The highest BCUT2D eigenvalue weighted by molar-refractivity contribution is 5.68. The van der Waals surface area contributed by atoms with Crippen LogP contribution in [0.3, 0.4) is 0 Å². The van der Waals surface area contributed by atoms with Crippen molar-refractivity contribution in [1.82, 2.24) is 5.32 Å². The summed E-state index contributed by atoms with van der Waals surface area (Å²) in [5.41, 5.74) is -0.423. The fourth-order valence-corrected chi connectivity index (χ4v) is 1.92. The Hall–Kier alpha value is -0.770. The number of carbonyl (C=O) groups excluding carboxylic acids is 1. The molecule has 94 valence electrons. The first-order valence-electron chi connectivity index (χ1n) is 5.93. The molecular weight excluding hydrogens is 206 g/mol. The van der Waals surface area contributed by atoms with Crippen LogP contribution in [-0.2, 0) is 9.47 Å². The highest BCUT2D eigenvalue weighted by atomic mass is 16.6. The normalized spacial score (nSPS) is 26.2. The summed E-state index contributed by atoms with van der Waals surface area (Å²) in [5, 5.41) is 2.90. The summed E-state index contributed by atoms with van der Waals surface area (Å²) >= 11 is 0. The summed E-state index contributed by atoms with van der Waals surface area (Å²) in [6, 6.07) is 0.237. The summed E-state index contributed by atoms with van der Waals surface area (Å²) in [7, 11) is 1.74. The van der Waals surface area contributed by atoms with Gasteiger partial charge in [0.25, 0.3) is 0 Å². The van der Waals surface area contributed by atoms with Gasteiger partial charge in [-0.25, -0.2) is 4.79 Å². The van der Waals surface area contributed by atoms with Crippen molar-refractivity contribution in [3.8, 4) is 0 Å². The fraction of sp³-hybridized carbons (Fsp3) is 0.917. The SMILES string of the molecule is CO[C@H]1CC[C@@H](NC(=O)OC(C)(C)C)CC1. The zero-order chi connectivity index (χ0) is 12.2. The summed E-state index contributed by atoms with van der Waals surface area (Å²) in [4.78, 5) is 11.5. The maximum absolute atomic E-state index is 11.5. The Morgan fingerprint density at radius 2 is 1.75 bits per heavy atom. The number of amides is 1. The highest BCUT2D eigenvalue weighted by Crippen LogP contribution is 2.21. The smallest absolute Gasteiger partial charge is 0.407 e. The molecule has 4 heteroatoms. The average Bonchev–Trinajstić information content (AvgIpc) is 2.16. The molecule has 1 N–H and O–H groups in total. The maximum atomic E-state index is 11.5. The molecule has 16 heavy (non-hydrogen) atoms. The molecule has 1 amide bonds. The van der Waals surface area contributed by atoms with Gasteiger partial charge in [0.05, 0.1) is 6.10 Å². The third-order valence-corrected chi connectivity index (χ3v) is 2.73. The van der Waals surface area contributed by atoms with Crippen LogP contribution in [0, 0.1) is 0 Å². The number of methoxy groups -OCH3 is 1. The number of nitrogens with one attached hydrogen (secondary N) is 1. The molecule has 0 saturated heterocycles. The van der Waals surface area contributed by atoms with Crippen molar-refractivity contribution in [1.29, 1.82) is 0 Å². The van der Waals surface area contributed by atoms with Gasteiger partial charge in [-0.3, -0.25) is 0 Å². The van der Waals surface area contributed by atoms with E-state index in [2.05, 4.69) is 5.32 Å². The lowest BCUT2D eigenvalue weighted by molar-refractivity contribution is 0.0401. The Balaban J connectivity index is 2.26. The predicted octanol–water partition coefficient (Wildman–Crippen LogP) is 2.47. The van der Waals surface area contributed by atoms with Crippen molar-refractivity contribution in [3.05, 3.63) is 0 Å². The Morgan fingerprint density at radius 3 is 2.19 bits per heavy atom. The molecule has 0 aliphatic heterocycles. The summed E-state index contributed by atoms with van der Waals surface area (Å²) in [6.07, 6.45) is 4.01. The number of carbonyl (C=O) groups is 1. The number of rotatable bonds is 2. The molecule has 4 nitrogen and oxygen atoms in total. The van der Waals surface area contributed by atoms with Crippen LogP contribution < -0.4 is 5.32 Å². The molecule has 0 aromatic carbocycles. The number of hydrogen-bond donors (Lipinski definition) is 1. The van der Waals surface area contributed by atoms with Crippen molar-refractivity contribution in [2.24, 2.45) is 0 Å². The van der Waals surface area contributed by atoms with Crippen LogP contribution in [0.1, 0.15) is 46.5 Å². The van der Waals surface area contributed by atoms with E-state index in [1.165, 1.54) is 0 Å².